The van der Waals surface area contributed by atoms with Crippen LogP contribution in [0.25, 0.3) is 0 Å². The van der Waals surface area contributed by atoms with E-state index < -0.39 is 0 Å². The standard InChI is InChI=1S/C10H17N3O2S/c11-3-8-1-2-9(15-8)5-12-4-7-6-16-10(14)13-7/h6,8-9,12H,1-5,11H2,(H,13,14). The van der Waals surface area contributed by atoms with Crippen LogP contribution in [-0.4, -0.2) is 30.3 Å². The van der Waals surface area contributed by atoms with Crippen LogP contribution in [0.3, 0.4) is 0 Å². The minimum absolute atomic E-state index is 0.00267. The van der Waals surface area contributed by atoms with Gasteiger partial charge < -0.3 is 20.8 Å². The van der Waals surface area contributed by atoms with Crippen LogP contribution in [0, 0.1) is 0 Å². The highest BCUT2D eigenvalue weighted by Crippen LogP contribution is 2.17. The van der Waals surface area contributed by atoms with E-state index in [0.29, 0.717) is 13.1 Å². The van der Waals surface area contributed by atoms with Crippen molar-refractivity contribution in [1.29, 1.82) is 0 Å². The number of ether oxygens (including phenoxy) is 1. The van der Waals surface area contributed by atoms with Crippen molar-refractivity contribution in [2.45, 2.75) is 31.6 Å². The van der Waals surface area contributed by atoms with Gasteiger partial charge in [-0.25, -0.2) is 0 Å². The molecule has 2 atom stereocenters. The maximum absolute atomic E-state index is 10.9. The first-order valence-corrected chi connectivity index (χ1v) is 6.39. The fraction of sp³-hybridized carbons (Fsp3) is 0.700. The van der Waals surface area contributed by atoms with Gasteiger partial charge in [0.15, 0.2) is 0 Å². The molecule has 0 saturated carbocycles. The third-order valence-corrected chi connectivity index (χ3v) is 3.44. The zero-order valence-electron chi connectivity index (χ0n) is 9.07. The van der Waals surface area contributed by atoms with E-state index in [1.807, 2.05) is 5.38 Å². The van der Waals surface area contributed by atoms with Crippen molar-refractivity contribution < 1.29 is 4.74 Å². The Labute approximate surface area is 98.0 Å². The third-order valence-electron chi connectivity index (χ3n) is 2.72. The summed E-state index contributed by atoms with van der Waals surface area (Å²) in [6.45, 7) is 2.11. The largest absolute Gasteiger partial charge is 0.372 e. The monoisotopic (exact) mass is 243 g/mol. The Morgan fingerprint density at radius 3 is 3.00 bits per heavy atom. The van der Waals surface area contributed by atoms with Crippen molar-refractivity contribution in [3.8, 4) is 0 Å². The lowest BCUT2D eigenvalue weighted by molar-refractivity contribution is 0.0503. The van der Waals surface area contributed by atoms with E-state index in [4.69, 9.17) is 10.5 Å². The summed E-state index contributed by atoms with van der Waals surface area (Å²) in [6, 6.07) is 0. The molecular formula is C10H17N3O2S. The Balaban J connectivity index is 1.67. The van der Waals surface area contributed by atoms with E-state index in [-0.39, 0.29) is 17.1 Å². The number of aromatic nitrogens is 1. The maximum Gasteiger partial charge on any atom is 0.304 e. The van der Waals surface area contributed by atoms with E-state index in [0.717, 1.165) is 25.1 Å². The van der Waals surface area contributed by atoms with Crippen LogP contribution in [0.15, 0.2) is 10.2 Å². The van der Waals surface area contributed by atoms with Gasteiger partial charge in [-0.2, -0.15) is 0 Å². The van der Waals surface area contributed by atoms with Gasteiger partial charge in [-0.3, -0.25) is 4.79 Å². The minimum atomic E-state index is -0.00267. The first-order valence-electron chi connectivity index (χ1n) is 5.51. The van der Waals surface area contributed by atoms with Crippen molar-refractivity contribution >= 4 is 11.3 Å². The SMILES string of the molecule is NCC1CCC(CNCc2csc(=O)[nH]2)O1. The number of nitrogens with two attached hydrogens (primary N) is 1. The second-order valence-corrected chi connectivity index (χ2v) is 4.84. The van der Waals surface area contributed by atoms with Gasteiger partial charge in [0.05, 0.1) is 12.2 Å². The van der Waals surface area contributed by atoms with Gasteiger partial charge in [-0.15, -0.1) is 0 Å². The summed E-state index contributed by atoms with van der Waals surface area (Å²) in [6.07, 6.45) is 2.61. The quantitative estimate of drug-likeness (QED) is 0.682. The van der Waals surface area contributed by atoms with Crippen molar-refractivity contribution in [2.24, 2.45) is 5.73 Å². The van der Waals surface area contributed by atoms with Crippen LogP contribution < -0.4 is 15.9 Å². The van der Waals surface area contributed by atoms with Crippen LogP contribution in [0.2, 0.25) is 0 Å². The summed E-state index contributed by atoms with van der Waals surface area (Å²) in [5.74, 6) is 0. The second kappa shape index (κ2) is 5.58. The zero-order chi connectivity index (χ0) is 11.4. The van der Waals surface area contributed by atoms with Gasteiger partial charge in [0.2, 0.25) is 0 Å². The summed E-state index contributed by atoms with van der Waals surface area (Å²) in [4.78, 5) is 13.6. The molecule has 1 aromatic heterocycles. The van der Waals surface area contributed by atoms with E-state index in [1.165, 1.54) is 11.3 Å². The van der Waals surface area contributed by atoms with Crippen LogP contribution in [-0.2, 0) is 11.3 Å². The Morgan fingerprint density at radius 1 is 1.56 bits per heavy atom. The molecule has 5 nitrogen and oxygen atoms in total. The van der Waals surface area contributed by atoms with Gasteiger partial charge >= 0.3 is 4.87 Å². The molecule has 1 aromatic rings. The fourth-order valence-electron chi connectivity index (χ4n) is 1.87. The van der Waals surface area contributed by atoms with Crippen LogP contribution in [0.1, 0.15) is 18.5 Å². The second-order valence-electron chi connectivity index (χ2n) is 4.00. The average molecular weight is 243 g/mol. The normalized spacial score (nSPS) is 25.1. The topological polar surface area (TPSA) is 80.1 Å². The Hall–Kier alpha value is -0.690. The summed E-state index contributed by atoms with van der Waals surface area (Å²) in [5.41, 5.74) is 6.47. The predicted octanol–water partition coefficient (Wildman–Crippen LogP) is 0.0323. The van der Waals surface area contributed by atoms with Gasteiger partial charge in [-0.05, 0) is 12.8 Å². The van der Waals surface area contributed by atoms with Crippen LogP contribution in [0.4, 0.5) is 0 Å². The Bertz CT molecular complexity index is 376. The molecule has 16 heavy (non-hydrogen) atoms. The lowest BCUT2D eigenvalue weighted by Gasteiger charge is -2.12. The van der Waals surface area contributed by atoms with Crippen molar-refractivity contribution in [2.75, 3.05) is 13.1 Å². The van der Waals surface area contributed by atoms with E-state index >= 15 is 0 Å². The molecule has 2 heterocycles. The number of nitrogens with one attached hydrogen (secondary N) is 2. The number of aromatic amines is 1. The molecule has 0 spiro atoms. The summed E-state index contributed by atoms with van der Waals surface area (Å²) < 4.78 is 5.70. The van der Waals surface area contributed by atoms with E-state index in [9.17, 15) is 4.79 Å². The summed E-state index contributed by atoms with van der Waals surface area (Å²) in [7, 11) is 0. The number of hydrogen-bond donors (Lipinski definition) is 3. The first kappa shape index (κ1) is 11.8. The highest BCUT2D eigenvalue weighted by atomic mass is 32.1. The van der Waals surface area contributed by atoms with E-state index in [2.05, 4.69) is 10.3 Å². The molecule has 6 heteroatoms. The smallest absolute Gasteiger partial charge is 0.304 e. The minimum Gasteiger partial charge on any atom is -0.372 e. The lowest BCUT2D eigenvalue weighted by Crippen LogP contribution is -2.28. The number of H-pyrrole nitrogens is 1. The molecular weight excluding hydrogens is 226 g/mol. The highest BCUT2D eigenvalue weighted by molar-refractivity contribution is 7.07. The van der Waals surface area contributed by atoms with Crippen LogP contribution >= 0.6 is 11.3 Å². The molecule has 2 rings (SSSR count). The summed E-state index contributed by atoms with van der Waals surface area (Å²) in [5, 5.41) is 5.11. The molecule has 0 radical (unpaired) electrons. The molecule has 2 unspecified atom stereocenters. The number of hydrogen-bond acceptors (Lipinski definition) is 5. The van der Waals surface area contributed by atoms with Gasteiger partial charge in [0.1, 0.15) is 0 Å². The van der Waals surface area contributed by atoms with E-state index in [1.54, 1.807) is 0 Å². The fourth-order valence-corrected chi connectivity index (χ4v) is 2.45. The highest BCUT2D eigenvalue weighted by Gasteiger charge is 2.23. The van der Waals surface area contributed by atoms with Crippen molar-refractivity contribution in [3.05, 3.63) is 20.7 Å². The molecule has 1 saturated heterocycles. The molecule has 1 aliphatic rings. The van der Waals surface area contributed by atoms with Gasteiger partial charge in [0, 0.05) is 30.7 Å². The van der Waals surface area contributed by atoms with Crippen molar-refractivity contribution in [3.63, 3.8) is 0 Å². The molecule has 0 aliphatic carbocycles. The zero-order valence-corrected chi connectivity index (χ0v) is 9.89. The lowest BCUT2D eigenvalue weighted by atomic mass is 10.2. The number of thiazole rings is 1. The summed E-state index contributed by atoms with van der Waals surface area (Å²) >= 11 is 1.19. The molecule has 0 bridgehead atoms. The van der Waals surface area contributed by atoms with Crippen molar-refractivity contribution in [1.82, 2.24) is 10.3 Å². The molecule has 4 N–H and O–H groups in total. The van der Waals surface area contributed by atoms with Crippen LogP contribution in [0.5, 0.6) is 0 Å². The van der Waals surface area contributed by atoms with Gasteiger partial charge in [0.25, 0.3) is 0 Å². The molecule has 1 aliphatic heterocycles. The third kappa shape index (κ3) is 3.15. The Morgan fingerprint density at radius 2 is 2.38 bits per heavy atom. The Kier molecular flexibility index (Phi) is 4.11. The molecule has 1 fully saturated rings. The first-order chi connectivity index (χ1) is 7.78. The predicted molar refractivity (Wildman–Crippen MR) is 63.6 cm³/mol. The van der Waals surface area contributed by atoms with Gasteiger partial charge in [-0.1, -0.05) is 11.3 Å². The number of rotatable bonds is 5. The molecule has 0 amide bonds. The molecule has 90 valence electrons. The maximum atomic E-state index is 10.9. The average Bonchev–Trinajstić information content (AvgIpc) is 2.88. The molecule has 0 aromatic carbocycles.